The summed E-state index contributed by atoms with van der Waals surface area (Å²) in [5.41, 5.74) is 0.283. The molecule has 5 nitrogen and oxygen atoms in total. The van der Waals surface area contributed by atoms with Crippen molar-refractivity contribution in [2.75, 3.05) is 20.2 Å². The van der Waals surface area contributed by atoms with Gasteiger partial charge in [-0.3, -0.25) is 9.69 Å². The van der Waals surface area contributed by atoms with Crippen molar-refractivity contribution in [2.24, 2.45) is 0 Å². The van der Waals surface area contributed by atoms with E-state index in [2.05, 4.69) is 0 Å². The number of piperidine rings is 1. The number of carboxylic acid groups (broad SMARTS) is 1. The van der Waals surface area contributed by atoms with Gasteiger partial charge in [0.25, 0.3) is 0 Å². The lowest BCUT2D eigenvalue weighted by Gasteiger charge is -2.41. The van der Waals surface area contributed by atoms with E-state index < -0.39 is 23.4 Å². The molecule has 0 amide bonds. The van der Waals surface area contributed by atoms with Gasteiger partial charge in [0, 0.05) is 24.7 Å². The zero-order chi connectivity index (χ0) is 18.7. The molecule has 2 N–H and O–H groups in total. The van der Waals surface area contributed by atoms with Crippen LogP contribution >= 0.6 is 0 Å². The number of aliphatic hydroxyl groups is 1. The number of likely N-dealkylation sites (tertiary alicyclic amines) is 1. The van der Waals surface area contributed by atoms with Crippen LogP contribution in [0.4, 0.5) is 4.39 Å². The van der Waals surface area contributed by atoms with E-state index in [0.29, 0.717) is 31.5 Å². The molecule has 0 aliphatic carbocycles. The summed E-state index contributed by atoms with van der Waals surface area (Å²) in [6.07, 6.45) is 0.842. The summed E-state index contributed by atoms with van der Waals surface area (Å²) in [6.45, 7) is 0.811. The van der Waals surface area contributed by atoms with Crippen LogP contribution in [-0.4, -0.2) is 41.3 Å². The summed E-state index contributed by atoms with van der Waals surface area (Å²) in [5, 5.41) is 20.7. The Morgan fingerprint density at radius 3 is 2.42 bits per heavy atom. The van der Waals surface area contributed by atoms with Crippen LogP contribution in [-0.2, 0) is 10.4 Å². The largest absolute Gasteiger partial charge is 0.496 e. The lowest BCUT2D eigenvalue weighted by molar-refractivity contribution is -0.146. The first-order chi connectivity index (χ1) is 12.4. The smallest absolute Gasteiger partial charge is 0.325 e. The van der Waals surface area contributed by atoms with Crippen LogP contribution in [0.5, 0.6) is 5.75 Å². The minimum absolute atomic E-state index is 0.210. The van der Waals surface area contributed by atoms with E-state index in [1.807, 2.05) is 30.3 Å². The lowest BCUT2D eigenvalue weighted by atomic mass is 9.83. The SMILES string of the molecule is COc1cc(F)ccc1[C@H](C(=O)O)N1CCC(O)(c2ccccc2)CC1. The molecule has 1 fully saturated rings. The van der Waals surface area contributed by atoms with Crippen LogP contribution in [0.25, 0.3) is 0 Å². The summed E-state index contributed by atoms with van der Waals surface area (Å²) in [5.74, 6) is -1.30. The number of benzene rings is 2. The van der Waals surface area contributed by atoms with Gasteiger partial charge in [-0.05, 0) is 24.5 Å². The molecule has 0 aromatic heterocycles. The van der Waals surface area contributed by atoms with E-state index in [1.54, 1.807) is 4.90 Å². The lowest BCUT2D eigenvalue weighted by Crippen LogP contribution is -2.46. The Balaban J connectivity index is 1.83. The average molecular weight is 359 g/mol. The maximum absolute atomic E-state index is 13.5. The monoisotopic (exact) mass is 359 g/mol. The number of nitrogens with zero attached hydrogens (tertiary/aromatic N) is 1. The number of methoxy groups -OCH3 is 1. The first-order valence-electron chi connectivity index (χ1n) is 8.53. The molecule has 1 aliphatic rings. The number of halogens is 1. The van der Waals surface area contributed by atoms with Crippen molar-refractivity contribution < 1.29 is 24.1 Å². The zero-order valence-corrected chi connectivity index (χ0v) is 14.6. The van der Waals surface area contributed by atoms with E-state index in [4.69, 9.17) is 4.74 Å². The molecule has 0 saturated carbocycles. The molecule has 0 spiro atoms. The van der Waals surface area contributed by atoms with Crippen LogP contribution in [0.1, 0.15) is 30.0 Å². The third-order valence-corrected chi connectivity index (χ3v) is 5.03. The second kappa shape index (κ2) is 7.43. The number of aliphatic carboxylic acids is 1. The molecule has 0 radical (unpaired) electrons. The number of hydrogen-bond donors (Lipinski definition) is 2. The van der Waals surface area contributed by atoms with Crippen LogP contribution in [0.2, 0.25) is 0 Å². The van der Waals surface area contributed by atoms with E-state index in [-0.39, 0.29) is 5.75 Å². The van der Waals surface area contributed by atoms with Crippen LogP contribution in [0.3, 0.4) is 0 Å². The second-order valence-electron chi connectivity index (χ2n) is 6.56. The highest BCUT2D eigenvalue weighted by Crippen LogP contribution is 2.37. The van der Waals surface area contributed by atoms with Crippen molar-refractivity contribution in [2.45, 2.75) is 24.5 Å². The summed E-state index contributed by atoms with van der Waals surface area (Å²) >= 11 is 0. The van der Waals surface area contributed by atoms with Crippen molar-refractivity contribution in [1.82, 2.24) is 4.90 Å². The molecule has 2 aromatic rings. The minimum Gasteiger partial charge on any atom is -0.496 e. The third-order valence-electron chi connectivity index (χ3n) is 5.03. The van der Waals surface area contributed by atoms with Gasteiger partial charge in [0.05, 0.1) is 12.7 Å². The first kappa shape index (κ1) is 18.4. The number of carbonyl (C=O) groups is 1. The summed E-state index contributed by atoms with van der Waals surface area (Å²) in [6, 6.07) is 12.3. The highest BCUT2D eigenvalue weighted by molar-refractivity contribution is 5.76. The standard InChI is InChI=1S/C20H22FNO4/c1-26-17-13-15(21)7-8-16(17)18(19(23)24)22-11-9-20(25,10-12-22)14-5-3-2-4-6-14/h2-8,13,18,25H,9-12H2,1H3,(H,23,24)/t18-/m1/s1. The summed E-state index contributed by atoms with van der Waals surface area (Å²) < 4.78 is 18.6. The van der Waals surface area contributed by atoms with Crippen LogP contribution in [0, 0.1) is 5.82 Å². The average Bonchev–Trinajstić information content (AvgIpc) is 2.65. The molecule has 1 aliphatic heterocycles. The van der Waals surface area contributed by atoms with Gasteiger partial charge in [0.2, 0.25) is 0 Å². The topological polar surface area (TPSA) is 70.0 Å². The maximum Gasteiger partial charge on any atom is 0.325 e. The normalized spacial score (nSPS) is 18.3. The van der Waals surface area contributed by atoms with Gasteiger partial charge in [0.15, 0.2) is 0 Å². The van der Waals surface area contributed by atoms with Gasteiger partial charge in [-0.1, -0.05) is 36.4 Å². The van der Waals surface area contributed by atoms with Gasteiger partial charge in [0.1, 0.15) is 17.6 Å². The van der Waals surface area contributed by atoms with Crippen LogP contribution < -0.4 is 4.74 Å². The first-order valence-corrected chi connectivity index (χ1v) is 8.53. The fraction of sp³-hybridized carbons (Fsp3) is 0.350. The molecule has 1 atom stereocenters. The Morgan fingerprint density at radius 1 is 1.19 bits per heavy atom. The van der Waals surface area contributed by atoms with Gasteiger partial charge in [-0.25, -0.2) is 4.39 Å². The van der Waals surface area contributed by atoms with Gasteiger partial charge >= 0.3 is 5.97 Å². The Bertz CT molecular complexity index is 773. The number of ether oxygens (including phenoxy) is 1. The quantitative estimate of drug-likeness (QED) is 0.859. The predicted molar refractivity (Wildman–Crippen MR) is 94.5 cm³/mol. The Morgan fingerprint density at radius 2 is 1.85 bits per heavy atom. The fourth-order valence-electron chi connectivity index (χ4n) is 3.59. The van der Waals surface area contributed by atoms with Crippen molar-refractivity contribution in [1.29, 1.82) is 0 Å². The molecule has 0 bridgehead atoms. The Kier molecular flexibility index (Phi) is 5.25. The molecule has 26 heavy (non-hydrogen) atoms. The van der Waals surface area contributed by atoms with Crippen molar-refractivity contribution in [3.05, 3.63) is 65.5 Å². The predicted octanol–water partition coefficient (Wildman–Crippen LogP) is 2.94. The molecule has 1 heterocycles. The second-order valence-corrected chi connectivity index (χ2v) is 6.56. The van der Waals surface area contributed by atoms with E-state index in [1.165, 1.54) is 25.3 Å². The maximum atomic E-state index is 13.5. The van der Waals surface area contributed by atoms with Crippen LogP contribution in [0.15, 0.2) is 48.5 Å². The molecule has 0 unspecified atom stereocenters. The molecule has 2 aromatic carbocycles. The Hall–Kier alpha value is -2.44. The fourth-order valence-corrected chi connectivity index (χ4v) is 3.59. The molecular weight excluding hydrogens is 337 g/mol. The highest BCUT2D eigenvalue weighted by atomic mass is 19.1. The van der Waals surface area contributed by atoms with Gasteiger partial charge < -0.3 is 14.9 Å². The summed E-state index contributed by atoms with van der Waals surface area (Å²) in [7, 11) is 1.39. The number of carboxylic acids is 1. The molecule has 6 heteroatoms. The van der Waals surface area contributed by atoms with E-state index in [9.17, 15) is 19.4 Å². The van der Waals surface area contributed by atoms with E-state index >= 15 is 0 Å². The van der Waals surface area contributed by atoms with E-state index in [0.717, 1.165) is 5.56 Å². The molecule has 1 saturated heterocycles. The molecule has 138 valence electrons. The van der Waals surface area contributed by atoms with Crippen molar-refractivity contribution in [3.63, 3.8) is 0 Å². The zero-order valence-electron chi connectivity index (χ0n) is 14.6. The third kappa shape index (κ3) is 3.57. The summed E-state index contributed by atoms with van der Waals surface area (Å²) in [4.78, 5) is 13.7. The molecular formula is C20H22FNO4. The minimum atomic E-state index is -1.03. The number of rotatable bonds is 5. The number of hydrogen-bond acceptors (Lipinski definition) is 4. The van der Waals surface area contributed by atoms with Gasteiger partial charge in [-0.15, -0.1) is 0 Å². The van der Waals surface area contributed by atoms with Crippen molar-refractivity contribution in [3.8, 4) is 5.75 Å². The Labute approximate surface area is 151 Å². The highest BCUT2D eigenvalue weighted by Gasteiger charge is 2.39. The molecule has 3 rings (SSSR count). The van der Waals surface area contributed by atoms with Gasteiger partial charge in [-0.2, -0.15) is 0 Å². The van der Waals surface area contributed by atoms with Crippen molar-refractivity contribution >= 4 is 5.97 Å².